The molecule has 0 aromatic rings. The second-order valence-corrected chi connectivity index (χ2v) is 7.99. The summed E-state index contributed by atoms with van der Waals surface area (Å²) in [6.07, 6.45) is -1.85. The molecule has 0 aliphatic heterocycles. The summed E-state index contributed by atoms with van der Waals surface area (Å²) in [4.78, 5) is 70.5. The maximum absolute atomic E-state index is 12.8. The van der Waals surface area contributed by atoms with E-state index in [1.54, 1.807) is 27.7 Å². The Labute approximate surface area is 185 Å². The van der Waals surface area contributed by atoms with Crippen molar-refractivity contribution in [3.8, 4) is 0 Å². The van der Waals surface area contributed by atoms with Crippen LogP contribution < -0.4 is 21.7 Å². The second kappa shape index (κ2) is 13.2. The molecule has 13 heteroatoms. The van der Waals surface area contributed by atoms with Gasteiger partial charge in [-0.25, -0.2) is 4.79 Å². The van der Waals surface area contributed by atoms with Gasteiger partial charge in [0.05, 0.1) is 12.5 Å². The minimum absolute atomic E-state index is 0.206. The van der Waals surface area contributed by atoms with E-state index in [-0.39, 0.29) is 5.92 Å². The fourth-order valence-electron chi connectivity index (χ4n) is 2.53. The summed E-state index contributed by atoms with van der Waals surface area (Å²) in [5.74, 6) is -7.46. The van der Waals surface area contributed by atoms with Gasteiger partial charge in [-0.3, -0.25) is 24.0 Å². The maximum Gasteiger partial charge on any atom is 0.326 e. The summed E-state index contributed by atoms with van der Waals surface area (Å²) in [5.41, 5.74) is 5.79. The van der Waals surface area contributed by atoms with Crippen molar-refractivity contribution in [3.05, 3.63) is 0 Å². The fraction of sp³-hybridized carbons (Fsp3) is 0.684. The maximum atomic E-state index is 12.8. The molecule has 0 bridgehead atoms. The minimum Gasteiger partial charge on any atom is -0.481 e. The predicted octanol–water partition coefficient (Wildman–Crippen LogP) is -1.50. The first-order valence-electron chi connectivity index (χ1n) is 10.00. The molecule has 0 aliphatic rings. The Morgan fingerprint density at radius 1 is 0.719 bits per heavy atom. The molecule has 4 atom stereocenters. The Balaban J connectivity index is 5.54. The van der Waals surface area contributed by atoms with E-state index < -0.39 is 85.0 Å². The van der Waals surface area contributed by atoms with Crippen molar-refractivity contribution >= 4 is 35.6 Å². The number of nitrogens with two attached hydrogens (primary N) is 1. The summed E-state index contributed by atoms with van der Waals surface area (Å²) in [7, 11) is 0. The summed E-state index contributed by atoms with van der Waals surface area (Å²) in [6.45, 7) is 6.70. The van der Waals surface area contributed by atoms with Crippen molar-refractivity contribution in [3.63, 3.8) is 0 Å². The van der Waals surface area contributed by atoms with Gasteiger partial charge in [-0.2, -0.15) is 0 Å². The summed E-state index contributed by atoms with van der Waals surface area (Å²) in [5, 5.41) is 33.6. The number of nitrogens with one attached hydrogen (secondary N) is 3. The van der Waals surface area contributed by atoms with Crippen LogP contribution in [0.5, 0.6) is 0 Å². The van der Waals surface area contributed by atoms with E-state index in [1.807, 2.05) is 5.32 Å². The molecule has 0 saturated carbocycles. The number of carbonyl (C=O) groups is 6. The van der Waals surface area contributed by atoms with Crippen LogP contribution in [0.4, 0.5) is 0 Å². The molecule has 182 valence electrons. The van der Waals surface area contributed by atoms with Crippen molar-refractivity contribution in [2.24, 2.45) is 17.6 Å². The number of hydrogen-bond acceptors (Lipinski definition) is 7. The van der Waals surface area contributed by atoms with Crippen molar-refractivity contribution in [2.75, 3.05) is 0 Å². The molecular formula is C19H32N4O9. The van der Waals surface area contributed by atoms with Crippen LogP contribution in [0.15, 0.2) is 0 Å². The van der Waals surface area contributed by atoms with E-state index in [0.29, 0.717) is 0 Å². The molecule has 3 amide bonds. The van der Waals surface area contributed by atoms with Crippen molar-refractivity contribution in [1.82, 2.24) is 16.0 Å². The van der Waals surface area contributed by atoms with Crippen LogP contribution in [0.25, 0.3) is 0 Å². The highest BCUT2D eigenvalue weighted by molar-refractivity contribution is 5.95. The highest BCUT2D eigenvalue weighted by Gasteiger charge is 2.32. The van der Waals surface area contributed by atoms with Crippen LogP contribution in [0, 0.1) is 11.8 Å². The zero-order chi connectivity index (χ0) is 25.2. The Kier molecular flexibility index (Phi) is 11.9. The lowest BCUT2D eigenvalue weighted by atomic mass is 9.99. The van der Waals surface area contributed by atoms with Gasteiger partial charge in [-0.05, 0) is 18.3 Å². The van der Waals surface area contributed by atoms with Crippen LogP contribution in [0.1, 0.15) is 47.0 Å². The van der Waals surface area contributed by atoms with E-state index >= 15 is 0 Å². The molecule has 0 heterocycles. The van der Waals surface area contributed by atoms with Crippen molar-refractivity contribution in [1.29, 1.82) is 0 Å². The van der Waals surface area contributed by atoms with E-state index in [4.69, 9.17) is 21.1 Å². The van der Waals surface area contributed by atoms with Crippen molar-refractivity contribution in [2.45, 2.75) is 71.1 Å². The summed E-state index contributed by atoms with van der Waals surface area (Å²) < 4.78 is 0. The number of hydrogen-bond donors (Lipinski definition) is 7. The molecule has 8 N–H and O–H groups in total. The first kappa shape index (κ1) is 28.8. The predicted molar refractivity (Wildman–Crippen MR) is 110 cm³/mol. The molecule has 4 unspecified atom stereocenters. The van der Waals surface area contributed by atoms with Gasteiger partial charge in [-0.15, -0.1) is 0 Å². The van der Waals surface area contributed by atoms with Crippen LogP contribution in [0.2, 0.25) is 0 Å². The average molecular weight is 460 g/mol. The van der Waals surface area contributed by atoms with Gasteiger partial charge < -0.3 is 37.0 Å². The van der Waals surface area contributed by atoms with E-state index in [0.717, 1.165) is 0 Å². The van der Waals surface area contributed by atoms with E-state index in [1.165, 1.54) is 0 Å². The third-order valence-corrected chi connectivity index (χ3v) is 4.54. The Morgan fingerprint density at radius 3 is 1.66 bits per heavy atom. The molecule has 32 heavy (non-hydrogen) atoms. The lowest BCUT2D eigenvalue weighted by Crippen LogP contribution is -2.59. The van der Waals surface area contributed by atoms with Crippen LogP contribution in [-0.4, -0.2) is 75.1 Å². The van der Waals surface area contributed by atoms with Gasteiger partial charge in [0, 0.05) is 6.42 Å². The van der Waals surface area contributed by atoms with Crippen LogP contribution in [0.3, 0.4) is 0 Å². The number of rotatable bonds is 14. The Bertz CT molecular complexity index is 724. The smallest absolute Gasteiger partial charge is 0.326 e. The SMILES string of the molecule is CC(C)C(N)C(=O)NC(C(=O)NC(CCC(=O)O)C(=O)NC(CC(=O)O)C(=O)O)C(C)C. The molecule has 0 aliphatic carbocycles. The van der Waals surface area contributed by atoms with Crippen LogP contribution >= 0.6 is 0 Å². The normalized spacial score (nSPS) is 14.7. The Morgan fingerprint density at radius 2 is 1.25 bits per heavy atom. The fourth-order valence-corrected chi connectivity index (χ4v) is 2.53. The molecule has 0 fully saturated rings. The molecule has 13 nitrogen and oxygen atoms in total. The molecule has 0 aromatic heterocycles. The average Bonchev–Trinajstić information content (AvgIpc) is 2.66. The zero-order valence-electron chi connectivity index (χ0n) is 18.5. The topological polar surface area (TPSA) is 225 Å². The summed E-state index contributed by atoms with van der Waals surface area (Å²) in [6, 6.07) is -5.26. The van der Waals surface area contributed by atoms with E-state index in [9.17, 15) is 28.8 Å². The second-order valence-electron chi connectivity index (χ2n) is 7.99. The number of carboxylic acids is 3. The van der Waals surface area contributed by atoms with Gasteiger partial charge in [0.25, 0.3) is 0 Å². The molecule has 0 aromatic carbocycles. The lowest BCUT2D eigenvalue weighted by Gasteiger charge is -2.27. The number of amides is 3. The standard InChI is InChI=1S/C19H32N4O9/c1-8(2)14(20)17(29)23-15(9(3)4)18(30)21-10(5-6-12(24)25)16(28)22-11(19(31)32)7-13(26)27/h8-11,14-15H,5-7,20H2,1-4H3,(H,21,30)(H,22,28)(H,23,29)(H,24,25)(H,26,27)(H,31,32). The van der Waals surface area contributed by atoms with Gasteiger partial charge in [0.1, 0.15) is 18.1 Å². The largest absolute Gasteiger partial charge is 0.481 e. The van der Waals surface area contributed by atoms with Crippen LogP contribution in [-0.2, 0) is 28.8 Å². The third kappa shape index (κ3) is 10.2. The van der Waals surface area contributed by atoms with Gasteiger partial charge in [0.2, 0.25) is 17.7 Å². The highest BCUT2D eigenvalue weighted by atomic mass is 16.4. The highest BCUT2D eigenvalue weighted by Crippen LogP contribution is 2.07. The van der Waals surface area contributed by atoms with Gasteiger partial charge in [-0.1, -0.05) is 27.7 Å². The minimum atomic E-state index is -1.78. The van der Waals surface area contributed by atoms with E-state index in [2.05, 4.69) is 10.6 Å². The molecular weight excluding hydrogens is 428 g/mol. The summed E-state index contributed by atoms with van der Waals surface area (Å²) >= 11 is 0. The van der Waals surface area contributed by atoms with Gasteiger partial charge in [0.15, 0.2) is 0 Å². The molecule has 0 rings (SSSR count). The third-order valence-electron chi connectivity index (χ3n) is 4.54. The quantitative estimate of drug-likeness (QED) is 0.159. The number of carboxylic acid groups (broad SMARTS) is 3. The molecule has 0 saturated heterocycles. The molecule has 0 spiro atoms. The number of carbonyl (C=O) groups excluding carboxylic acids is 3. The lowest BCUT2D eigenvalue weighted by molar-refractivity contribution is -0.147. The first-order valence-corrected chi connectivity index (χ1v) is 10.00. The van der Waals surface area contributed by atoms with Crippen molar-refractivity contribution < 1.29 is 44.1 Å². The first-order chi connectivity index (χ1) is 14.7. The zero-order valence-corrected chi connectivity index (χ0v) is 18.5. The Hall–Kier alpha value is -3.22. The monoisotopic (exact) mass is 460 g/mol. The number of aliphatic carboxylic acids is 3. The van der Waals surface area contributed by atoms with Gasteiger partial charge >= 0.3 is 17.9 Å². The molecule has 0 radical (unpaired) electrons.